The van der Waals surface area contributed by atoms with Gasteiger partial charge in [-0.15, -0.1) is 0 Å². The van der Waals surface area contributed by atoms with E-state index in [9.17, 15) is 9.59 Å². The monoisotopic (exact) mass is 324 g/mol. The molecule has 2 amide bonds. The largest absolute Gasteiger partial charge is 0.497 e. The van der Waals surface area contributed by atoms with Crippen LogP contribution in [-0.2, 0) is 11.2 Å². The zero-order chi connectivity index (χ0) is 16.9. The first-order valence-corrected chi connectivity index (χ1v) is 7.98. The Morgan fingerprint density at radius 1 is 1.04 bits per heavy atom. The van der Waals surface area contributed by atoms with Gasteiger partial charge in [0, 0.05) is 17.3 Å². The van der Waals surface area contributed by atoms with Gasteiger partial charge in [0.1, 0.15) is 5.75 Å². The number of amides is 2. The number of hydrogen-bond acceptors (Lipinski definition) is 3. The summed E-state index contributed by atoms with van der Waals surface area (Å²) < 4.78 is 5.09. The molecule has 0 heterocycles. The third-order valence-corrected chi connectivity index (χ3v) is 3.87. The third-order valence-electron chi connectivity index (χ3n) is 3.87. The van der Waals surface area contributed by atoms with Gasteiger partial charge in [0.2, 0.25) is 5.91 Å². The first kappa shape index (κ1) is 16.1. The summed E-state index contributed by atoms with van der Waals surface area (Å²) in [6, 6.07) is 14.7. The van der Waals surface area contributed by atoms with Gasteiger partial charge in [0.15, 0.2) is 0 Å². The van der Waals surface area contributed by atoms with Crippen LogP contribution in [0.15, 0.2) is 48.5 Å². The minimum atomic E-state index is -0.102. The Morgan fingerprint density at radius 2 is 1.71 bits per heavy atom. The van der Waals surface area contributed by atoms with E-state index in [-0.39, 0.29) is 18.2 Å². The molecule has 1 aliphatic carbocycles. The molecule has 2 aromatic rings. The van der Waals surface area contributed by atoms with E-state index >= 15 is 0 Å². The normalized spacial score (nSPS) is 13.2. The summed E-state index contributed by atoms with van der Waals surface area (Å²) in [6.45, 7) is 0. The van der Waals surface area contributed by atoms with Crippen molar-refractivity contribution in [2.45, 2.75) is 25.3 Å². The van der Waals surface area contributed by atoms with Crippen LogP contribution in [0.5, 0.6) is 5.75 Å². The van der Waals surface area contributed by atoms with Crippen LogP contribution < -0.4 is 15.4 Å². The highest BCUT2D eigenvalue weighted by molar-refractivity contribution is 5.96. The topological polar surface area (TPSA) is 67.4 Å². The van der Waals surface area contributed by atoms with Crippen molar-refractivity contribution in [3.8, 4) is 5.75 Å². The van der Waals surface area contributed by atoms with Gasteiger partial charge in [0.05, 0.1) is 13.5 Å². The Kier molecular flexibility index (Phi) is 4.79. The Hall–Kier alpha value is -2.82. The summed E-state index contributed by atoms with van der Waals surface area (Å²) in [5, 5.41) is 5.77. The highest BCUT2D eigenvalue weighted by atomic mass is 16.5. The molecule has 2 N–H and O–H groups in total. The Bertz CT molecular complexity index is 719. The molecule has 0 aliphatic heterocycles. The highest BCUT2D eigenvalue weighted by Gasteiger charge is 2.23. The molecule has 2 aromatic carbocycles. The Morgan fingerprint density at radius 3 is 2.29 bits per heavy atom. The summed E-state index contributed by atoms with van der Waals surface area (Å²) in [5.74, 6) is 0.600. The maximum atomic E-state index is 12.1. The van der Waals surface area contributed by atoms with E-state index in [1.54, 1.807) is 31.4 Å². The Balaban J connectivity index is 1.54. The molecule has 1 saturated carbocycles. The van der Waals surface area contributed by atoms with Crippen LogP contribution in [-0.4, -0.2) is 25.0 Å². The lowest BCUT2D eigenvalue weighted by Crippen LogP contribution is -2.25. The SMILES string of the molecule is COc1ccc(CC(=O)Nc2ccc(C(=O)NC3CC3)cc2)cc1. The second kappa shape index (κ2) is 7.17. The molecular formula is C19H20N2O3. The average Bonchev–Trinajstić information content (AvgIpc) is 3.40. The second-order valence-electron chi connectivity index (χ2n) is 5.90. The van der Waals surface area contributed by atoms with E-state index in [2.05, 4.69) is 10.6 Å². The van der Waals surface area contributed by atoms with Crippen LogP contribution in [0.25, 0.3) is 0 Å². The molecule has 5 heteroatoms. The molecule has 0 unspecified atom stereocenters. The van der Waals surface area contributed by atoms with Crippen molar-refractivity contribution in [1.82, 2.24) is 5.32 Å². The van der Waals surface area contributed by atoms with Crippen molar-refractivity contribution >= 4 is 17.5 Å². The van der Waals surface area contributed by atoms with Gasteiger partial charge >= 0.3 is 0 Å². The number of ether oxygens (including phenoxy) is 1. The predicted molar refractivity (Wildman–Crippen MR) is 92.3 cm³/mol. The number of methoxy groups -OCH3 is 1. The van der Waals surface area contributed by atoms with Crippen molar-refractivity contribution in [3.63, 3.8) is 0 Å². The summed E-state index contributed by atoms with van der Waals surface area (Å²) >= 11 is 0. The Labute approximate surface area is 141 Å². The summed E-state index contributed by atoms with van der Waals surface area (Å²) in [7, 11) is 1.61. The van der Waals surface area contributed by atoms with Crippen LogP contribution in [0.3, 0.4) is 0 Å². The van der Waals surface area contributed by atoms with Gasteiger partial charge in [-0.05, 0) is 54.8 Å². The summed E-state index contributed by atoms with van der Waals surface area (Å²) in [5.41, 5.74) is 2.19. The number of rotatable bonds is 6. The number of benzene rings is 2. The molecule has 24 heavy (non-hydrogen) atoms. The van der Waals surface area contributed by atoms with Crippen molar-refractivity contribution in [2.75, 3.05) is 12.4 Å². The van der Waals surface area contributed by atoms with E-state index in [0.29, 0.717) is 17.3 Å². The van der Waals surface area contributed by atoms with E-state index in [1.165, 1.54) is 0 Å². The molecule has 0 aromatic heterocycles. The standard InChI is InChI=1S/C19H20N2O3/c1-24-17-10-2-13(3-11-17)12-18(22)20-15-6-4-14(5-7-15)19(23)21-16-8-9-16/h2-7,10-11,16H,8-9,12H2,1H3,(H,20,22)(H,21,23). The quantitative estimate of drug-likeness (QED) is 0.858. The molecule has 1 fully saturated rings. The van der Waals surface area contributed by atoms with Gasteiger partial charge in [0.25, 0.3) is 5.91 Å². The minimum Gasteiger partial charge on any atom is -0.497 e. The first-order chi connectivity index (χ1) is 11.6. The maximum absolute atomic E-state index is 12.1. The molecule has 5 nitrogen and oxygen atoms in total. The molecule has 124 valence electrons. The minimum absolute atomic E-state index is 0.0615. The maximum Gasteiger partial charge on any atom is 0.251 e. The molecular weight excluding hydrogens is 304 g/mol. The fourth-order valence-corrected chi connectivity index (χ4v) is 2.34. The van der Waals surface area contributed by atoms with Gasteiger partial charge in [-0.3, -0.25) is 9.59 Å². The number of nitrogens with one attached hydrogen (secondary N) is 2. The lowest BCUT2D eigenvalue weighted by atomic mass is 10.1. The number of carbonyl (C=O) groups excluding carboxylic acids is 2. The lowest BCUT2D eigenvalue weighted by Gasteiger charge is -2.08. The summed E-state index contributed by atoms with van der Waals surface area (Å²) in [4.78, 5) is 24.0. The van der Waals surface area contributed by atoms with Gasteiger partial charge in [-0.2, -0.15) is 0 Å². The zero-order valence-corrected chi connectivity index (χ0v) is 13.5. The third kappa shape index (κ3) is 4.35. The highest BCUT2D eigenvalue weighted by Crippen LogP contribution is 2.20. The van der Waals surface area contributed by atoms with Crippen molar-refractivity contribution in [2.24, 2.45) is 0 Å². The van der Waals surface area contributed by atoms with Crippen LogP contribution in [0.4, 0.5) is 5.69 Å². The molecule has 0 saturated heterocycles. The fraction of sp³-hybridized carbons (Fsp3) is 0.263. The van der Waals surface area contributed by atoms with Crippen molar-refractivity contribution in [1.29, 1.82) is 0 Å². The average molecular weight is 324 g/mol. The van der Waals surface area contributed by atoms with Crippen LogP contribution in [0, 0.1) is 0 Å². The number of carbonyl (C=O) groups is 2. The smallest absolute Gasteiger partial charge is 0.251 e. The molecule has 1 aliphatic rings. The number of hydrogen-bond donors (Lipinski definition) is 2. The van der Waals surface area contributed by atoms with Gasteiger partial charge in [-0.25, -0.2) is 0 Å². The molecule has 0 atom stereocenters. The van der Waals surface area contributed by atoms with E-state index < -0.39 is 0 Å². The van der Waals surface area contributed by atoms with E-state index in [0.717, 1.165) is 24.2 Å². The zero-order valence-electron chi connectivity index (χ0n) is 13.5. The second-order valence-corrected chi connectivity index (χ2v) is 5.90. The van der Waals surface area contributed by atoms with Crippen LogP contribution >= 0.6 is 0 Å². The predicted octanol–water partition coefficient (Wildman–Crippen LogP) is 2.77. The molecule has 0 bridgehead atoms. The van der Waals surface area contributed by atoms with Crippen LogP contribution in [0.2, 0.25) is 0 Å². The first-order valence-electron chi connectivity index (χ1n) is 7.98. The molecule has 3 rings (SSSR count). The fourth-order valence-electron chi connectivity index (χ4n) is 2.34. The lowest BCUT2D eigenvalue weighted by molar-refractivity contribution is -0.115. The number of anilines is 1. The van der Waals surface area contributed by atoms with Crippen molar-refractivity contribution < 1.29 is 14.3 Å². The van der Waals surface area contributed by atoms with E-state index in [4.69, 9.17) is 4.74 Å². The molecule has 0 spiro atoms. The van der Waals surface area contributed by atoms with Crippen molar-refractivity contribution in [3.05, 3.63) is 59.7 Å². The van der Waals surface area contributed by atoms with E-state index in [1.807, 2.05) is 24.3 Å². The van der Waals surface area contributed by atoms with Gasteiger partial charge < -0.3 is 15.4 Å². The summed E-state index contributed by atoms with van der Waals surface area (Å²) in [6.07, 6.45) is 2.41. The van der Waals surface area contributed by atoms with Gasteiger partial charge in [-0.1, -0.05) is 12.1 Å². The van der Waals surface area contributed by atoms with Crippen LogP contribution in [0.1, 0.15) is 28.8 Å². The molecule has 0 radical (unpaired) electrons.